The third-order valence-electron chi connectivity index (χ3n) is 1.46. The molecule has 1 aromatic rings. The van der Waals surface area contributed by atoms with E-state index in [1.165, 1.54) is 0 Å². The molecule has 3 heteroatoms. The van der Waals surface area contributed by atoms with Crippen LogP contribution < -0.4 is 5.32 Å². The predicted octanol–water partition coefficient (Wildman–Crippen LogP) is 0.857. The average molecular weight is 176 g/mol. The lowest BCUT2D eigenvalue weighted by molar-refractivity contribution is 0.305. The van der Waals surface area contributed by atoms with Gasteiger partial charge in [0.25, 0.3) is 0 Å². The lowest BCUT2D eigenvalue weighted by Crippen LogP contribution is -1.93. The second-order valence-electron chi connectivity index (χ2n) is 2.43. The van der Waals surface area contributed by atoms with Gasteiger partial charge in [-0.15, -0.1) is 0 Å². The van der Waals surface area contributed by atoms with Gasteiger partial charge in [-0.25, -0.2) is 4.98 Å². The maximum absolute atomic E-state index is 8.51. The number of pyridine rings is 1. The molecular formula is C10H12N2O. The molecule has 1 aromatic heterocycles. The number of anilines is 1. The van der Waals surface area contributed by atoms with E-state index in [4.69, 9.17) is 5.11 Å². The molecule has 0 spiro atoms. The molecule has 68 valence electrons. The summed E-state index contributed by atoms with van der Waals surface area (Å²) in [5, 5.41) is 11.4. The van der Waals surface area contributed by atoms with Gasteiger partial charge in [-0.1, -0.05) is 12.0 Å². The number of nitrogens with one attached hydrogen (secondary N) is 1. The van der Waals surface area contributed by atoms with Crippen molar-refractivity contribution in [1.29, 1.82) is 0 Å². The molecule has 0 unspecified atom stereocenters. The molecule has 0 amide bonds. The molecular weight excluding hydrogens is 164 g/mol. The monoisotopic (exact) mass is 176 g/mol. The Morgan fingerprint density at radius 2 is 2.38 bits per heavy atom. The van der Waals surface area contributed by atoms with Crippen LogP contribution in [0.1, 0.15) is 12.1 Å². The van der Waals surface area contributed by atoms with E-state index in [1.807, 2.05) is 25.2 Å². The highest BCUT2D eigenvalue weighted by atomic mass is 16.2. The first-order valence-corrected chi connectivity index (χ1v) is 4.11. The van der Waals surface area contributed by atoms with Gasteiger partial charge in [0.2, 0.25) is 0 Å². The standard InChI is InChI=1S/C10H12N2O/c1-11-10-7-4-6-9(12-10)5-2-3-8-13/h4,6-7,13H,3,8H2,1H3,(H,11,12). The fourth-order valence-corrected chi connectivity index (χ4v) is 0.853. The number of nitrogens with zero attached hydrogens (tertiary/aromatic N) is 1. The molecule has 0 radical (unpaired) electrons. The van der Waals surface area contributed by atoms with Crippen LogP contribution in [0.15, 0.2) is 18.2 Å². The van der Waals surface area contributed by atoms with Crippen LogP contribution in [-0.2, 0) is 0 Å². The number of rotatable bonds is 2. The minimum atomic E-state index is 0.0960. The summed E-state index contributed by atoms with van der Waals surface area (Å²) in [5.74, 6) is 6.47. The number of aromatic nitrogens is 1. The van der Waals surface area contributed by atoms with Crippen LogP contribution in [0.3, 0.4) is 0 Å². The van der Waals surface area contributed by atoms with Crippen molar-refractivity contribution in [3.63, 3.8) is 0 Å². The number of aliphatic hydroxyl groups is 1. The van der Waals surface area contributed by atoms with Gasteiger partial charge in [-0.3, -0.25) is 0 Å². The van der Waals surface area contributed by atoms with Crippen LogP contribution in [0.2, 0.25) is 0 Å². The molecule has 0 saturated carbocycles. The first-order chi connectivity index (χ1) is 6.36. The van der Waals surface area contributed by atoms with E-state index in [2.05, 4.69) is 22.1 Å². The summed E-state index contributed by atoms with van der Waals surface area (Å²) < 4.78 is 0. The van der Waals surface area contributed by atoms with Crippen LogP contribution in [0.4, 0.5) is 5.82 Å². The Bertz CT molecular complexity index is 325. The lowest BCUT2D eigenvalue weighted by atomic mass is 10.3. The van der Waals surface area contributed by atoms with Crippen LogP contribution in [-0.4, -0.2) is 23.7 Å². The van der Waals surface area contributed by atoms with Gasteiger partial charge >= 0.3 is 0 Å². The molecule has 0 saturated heterocycles. The van der Waals surface area contributed by atoms with Gasteiger partial charge in [0.1, 0.15) is 11.5 Å². The highest BCUT2D eigenvalue weighted by molar-refractivity contribution is 5.39. The smallest absolute Gasteiger partial charge is 0.127 e. The molecule has 0 aromatic carbocycles. The molecule has 1 rings (SSSR count). The third-order valence-corrected chi connectivity index (χ3v) is 1.46. The van der Waals surface area contributed by atoms with Crippen molar-refractivity contribution in [2.24, 2.45) is 0 Å². The van der Waals surface area contributed by atoms with Gasteiger partial charge in [0.05, 0.1) is 6.61 Å². The Labute approximate surface area is 77.8 Å². The fourth-order valence-electron chi connectivity index (χ4n) is 0.853. The Balaban J connectivity index is 2.73. The molecule has 0 fully saturated rings. The maximum atomic E-state index is 8.51. The Hall–Kier alpha value is -1.53. The summed E-state index contributed by atoms with van der Waals surface area (Å²) in [6.45, 7) is 0.0960. The molecule has 0 aliphatic heterocycles. The summed E-state index contributed by atoms with van der Waals surface area (Å²) in [6, 6.07) is 5.60. The van der Waals surface area contributed by atoms with E-state index in [9.17, 15) is 0 Å². The Kier molecular flexibility index (Phi) is 3.80. The molecule has 0 aliphatic carbocycles. The highest BCUT2D eigenvalue weighted by Gasteiger charge is 1.90. The molecule has 13 heavy (non-hydrogen) atoms. The van der Waals surface area contributed by atoms with E-state index >= 15 is 0 Å². The quantitative estimate of drug-likeness (QED) is 0.657. The van der Waals surface area contributed by atoms with Gasteiger partial charge in [0, 0.05) is 13.5 Å². The van der Waals surface area contributed by atoms with Gasteiger partial charge < -0.3 is 10.4 Å². The van der Waals surface area contributed by atoms with Crippen LogP contribution in [0, 0.1) is 11.8 Å². The van der Waals surface area contributed by atoms with E-state index in [0.717, 1.165) is 11.5 Å². The highest BCUT2D eigenvalue weighted by Crippen LogP contribution is 2.01. The topological polar surface area (TPSA) is 45.1 Å². The zero-order valence-electron chi connectivity index (χ0n) is 7.54. The number of hydrogen-bond acceptors (Lipinski definition) is 3. The molecule has 0 atom stereocenters. The minimum Gasteiger partial charge on any atom is -0.395 e. The van der Waals surface area contributed by atoms with Crippen LogP contribution in [0.5, 0.6) is 0 Å². The summed E-state index contributed by atoms with van der Waals surface area (Å²) in [7, 11) is 1.81. The Morgan fingerprint density at radius 3 is 3.08 bits per heavy atom. The predicted molar refractivity (Wildman–Crippen MR) is 52.4 cm³/mol. The second kappa shape index (κ2) is 5.18. The van der Waals surface area contributed by atoms with Crippen LogP contribution in [0.25, 0.3) is 0 Å². The van der Waals surface area contributed by atoms with Gasteiger partial charge in [-0.2, -0.15) is 0 Å². The van der Waals surface area contributed by atoms with E-state index in [0.29, 0.717) is 6.42 Å². The Morgan fingerprint density at radius 1 is 1.54 bits per heavy atom. The second-order valence-corrected chi connectivity index (χ2v) is 2.43. The van der Waals surface area contributed by atoms with Crippen molar-refractivity contribution in [2.45, 2.75) is 6.42 Å². The van der Waals surface area contributed by atoms with Gasteiger partial charge in [0.15, 0.2) is 0 Å². The van der Waals surface area contributed by atoms with E-state index in [1.54, 1.807) is 0 Å². The molecule has 0 aliphatic rings. The lowest BCUT2D eigenvalue weighted by Gasteiger charge is -1.97. The first-order valence-electron chi connectivity index (χ1n) is 4.11. The summed E-state index contributed by atoms with van der Waals surface area (Å²) in [5.41, 5.74) is 0.723. The molecule has 1 heterocycles. The molecule has 0 bridgehead atoms. The van der Waals surface area contributed by atoms with Crippen molar-refractivity contribution in [3.05, 3.63) is 23.9 Å². The zero-order chi connectivity index (χ0) is 9.52. The number of aliphatic hydroxyl groups excluding tert-OH is 1. The van der Waals surface area contributed by atoms with Crippen molar-refractivity contribution in [3.8, 4) is 11.8 Å². The fraction of sp³-hybridized carbons (Fsp3) is 0.300. The van der Waals surface area contributed by atoms with Crippen molar-refractivity contribution < 1.29 is 5.11 Å². The molecule has 3 nitrogen and oxygen atoms in total. The van der Waals surface area contributed by atoms with Crippen LogP contribution >= 0.6 is 0 Å². The van der Waals surface area contributed by atoms with E-state index < -0.39 is 0 Å². The zero-order valence-corrected chi connectivity index (χ0v) is 7.54. The first kappa shape index (κ1) is 9.56. The van der Waals surface area contributed by atoms with Gasteiger partial charge in [-0.05, 0) is 18.1 Å². The third kappa shape index (κ3) is 3.14. The molecule has 2 N–H and O–H groups in total. The normalized spacial score (nSPS) is 8.77. The number of hydrogen-bond donors (Lipinski definition) is 2. The maximum Gasteiger partial charge on any atom is 0.127 e. The van der Waals surface area contributed by atoms with Crippen molar-refractivity contribution in [2.75, 3.05) is 19.0 Å². The largest absolute Gasteiger partial charge is 0.395 e. The SMILES string of the molecule is CNc1cccc(C#CCCO)n1. The summed E-state index contributed by atoms with van der Waals surface area (Å²) >= 11 is 0. The minimum absolute atomic E-state index is 0.0960. The van der Waals surface area contributed by atoms with Crippen molar-refractivity contribution in [1.82, 2.24) is 4.98 Å². The summed E-state index contributed by atoms with van der Waals surface area (Å²) in [4.78, 5) is 4.20. The summed E-state index contributed by atoms with van der Waals surface area (Å²) in [6.07, 6.45) is 0.492. The van der Waals surface area contributed by atoms with E-state index in [-0.39, 0.29) is 6.61 Å². The average Bonchev–Trinajstić information content (AvgIpc) is 2.19. The van der Waals surface area contributed by atoms with Crippen molar-refractivity contribution >= 4 is 5.82 Å².